The third kappa shape index (κ3) is 2.82. The molecule has 0 spiro atoms. The first-order valence-electron chi connectivity index (χ1n) is 6.72. The number of nitrogens with zero attached hydrogens (tertiary/aromatic N) is 2. The van der Waals surface area contributed by atoms with E-state index in [1.165, 1.54) is 5.56 Å². The molecule has 0 unspecified atom stereocenters. The van der Waals surface area contributed by atoms with Gasteiger partial charge in [-0.25, -0.2) is 4.39 Å². The zero-order chi connectivity index (χ0) is 13.1. The largest absolute Gasteiger partial charge is 0.296 e. The molecular weight excluding hydrogens is 239 g/mol. The molecule has 1 aliphatic heterocycles. The molecule has 0 aliphatic carbocycles. The Kier molecular flexibility index (Phi) is 3.56. The van der Waals surface area contributed by atoms with Crippen LogP contribution in [0, 0.1) is 5.82 Å². The highest BCUT2D eigenvalue weighted by Gasteiger charge is 2.28. The first-order chi connectivity index (χ1) is 9.33. The molecule has 1 aromatic carbocycles. The molecule has 2 nitrogen and oxygen atoms in total. The number of benzene rings is 1. The highest BCUT2D eigenvalue weighted by Crippen LogP contribution is 2.32. The lowest BCUT2D eigenvalue weighted by Gasteiger charge is -2.41. The van der Waals surface area contributed by atoms with Crippen molar-refractivity contribution in [3.8, 4) is 0 Å². The highest BCUT2D eigenvalue weighted by atomic mass is 19.1. The van der Waals surface area contributed by atoms with Gasteiger partial charge in [-0.15, -0.1) is 0 Å². The number of likely N-dealkylation sites (tertiary alicyclic amines) is 1. The van der Waals surface area contributed by atoms with Crippen molar-refractivity contribution >= 4 is 0 Å². The van der Waals surface area contributed by atoms with Crippen LogP contribution in [0.25, 0.3) is 0 Å². The van der Waals surface area contributed by atoms with E-state index in [9.17, 15) is 4.39 Å². The molecular formula is C16H17FN2. The van der Waals surface area contributed by atoms with Gasteiger partial charge in [0.2, 0.25) is 0 Å². The summed E-state index contributed by atoms with van der Waals surface area (Å²) in [5.74, 6) is -0.164. The van der Waals surface area contributed by atoms with Crippen molar-refractivity contribution in [3.05, 3.63) is 65.7 Å². The maximum absolute atomic E-state index is 12.9. The Labute approximate surface area is 112 Å². The predicted molar refractivity (Wildman–Crippen MR) is 73.3 cm³/mol. The standard InChI is InChI=1S/C16H17FN2/c17-14-6-4-13(5-7-14)16-9-12-19(16)11-8-15-3-1-2-10-18-15/h1-7,10,16H,8-9,11-12H2/t16-/m1/s1. The summed E-state index contributed by atoms with van der Waals surface area (Å²) in [6.07, 6.45) is 3.97. The van der Waals surface area contributed by atoms with E-state index >= 15 is 0 Å². The van der Waals surface area contributed by atoms with Crippen molar-refractivity contribution in [1.82, 2.24) is 9.88 Å². The topological polar surface area (TPSA) is 16.1 Å². The number of rotatable bonds is 4. The Balaban J connectivity index is 1.59. The Morgan fingerprint density at radius 2 is 2.00 bits per heavy atom. The van der Waals surface area contributed by atoms with Crippen LogP contribution in [0.15, 0.2) is 48.7 Å². The monoisotopic (exact) mass is 256 g/mol. The van der Waals surface area contributed by atoms with Crippen molar-refractivity contribution < 1.29 is 4.39 Å². The second-order valence-electron chi connectivity index (χ2n) is 4.96. The predicted octanol–water partition coefficient (Wildman–Crippen LogP) is 3.21. The van der Waals surface area contributed by atoms with Gasteiger partial charge in [-0.1, -0.05) is 18.2 Å². The molecule has 1 fully saturated rings. The van der Waals surface area contributed by atoms with Crippen molar-refractivity contribution in [2.75, 3.05) is 13.1 Å². The summed E-state index contributed by atoms with van der Waals surface area (Å²) in [6, 6.07) is 13.4. The van der Waals surface area contributed by atoms with Gasteiger partial charge >= 0.3 is 0 Å². The molecule has 0 N–H and O–H groups in total. The lowest BCUT2D eigenvalue weighted by atomic mass is 9.94. The van der Waals surface area contributed by atoms with Crippen molar-refractivity contribution in [3.63, 3.8) is 0 Å². The van der Waals surface area contributed by atoms with Gasteiger partial charge in [0, 0.05) is 37.4 Å². The average Bonchev–Trinajstić information content (AvgIpc) is 2.41. The van der Waals surface area contributed by atoms with Gasteiger partial charge in [0.15, 0.2) is 0 Å². The maximum Gasteiger partial charge on any atom is 0.123 e. The Morgan fingerprint density at radius 3 is 2.63 bits per heavy atom. The van der Waals surface area contributed by atoms with E-state index in [0.717, 1.165) is 31.6 Å². The summed E-state index contributed by atoms with van der Waals surface area (Å²) in [5, 5.41) is 0. The molecule has 19 heavy (non-hydrogen) atoms. The van der Waals surface area contributed by atoms with Crippen LogP contribution in [0.4, 0.5) is 4.39 Å². The molecule has 0 amide bonds. The van der Waals surface area contributed by atoms with E-state index in [-0.39, 0.29) is 5.82 Å². The maximum atomic E-state index is 12.9. The minimum absolute atomic E-state index is 0.164. The Morgan fingerprint density at radius 1 is 1.16 bits per heavy atom. The van der Waals surface area contributed by atoms with Crippen molar-refractivity contribution in [2.45, 2.75) is 18.9 Å². The number of hydrogen-bond donors (Lipinski definition) is 0. The van der Waals surface area contributed by atoms with Gasteiger partial charge in [0.25, 0.3) is 0 Å². The summed E-state index contributed by atoms with van der Waals surface area (Å²) in [6.45, 7) is 2.13. The van der Waals surface area contributed by atoms with Crippen molar-refractivity contribution in [2.24, 2.45) is 0 Å². The molecule has 2 aromatic rings. The molecule has 0 saturated carbocycles. The van der Waals surface area contributed by atoms with Gasteiger partial charge < -0.3 is 0 Å². The zero-order valence-corrected chi connectivity index (χ0v) is 10.8. The SMILES string of the molecule is Fc1ccc([C@H]2CCN2CCc2ccccn2)cc1. The van der Waals surface area contributed by atoms with Crippen LogP contribution in [0.1, 0.15) is 23.7 Å². The molecule has 1 atom stereocenters. The third-order valence-corrected chi connectivity index (χ3v) is 3.77. The number of aromatic nitrogens is 1. The summed E-state index contributed by atoms with van der Waals surface area (Å²) in [5.41, 5.74) is 2.35. The molecule has 2 heterocycles. The van der Waals surface area contributed by atoms with Crippen LogP contribution in [0.3, 0.4) is 0 Å². The minimum Gasteiger partial charge on any atom is -0.296 e. The van der Waals surface area contributed by atoms with Crippen LogP contribution >= 0.6 is 0 Å². The molecule has 0 radical (unpaired) electrons. The van der Waals surface area contributed by atoms with Crippen LogP contribution in [0.5, 0.6) is 0 Å². The highest BCUT2D eigenvalue weighted by molar-refractivity contribution is 5.22. The number of halogens is 1. The Hall–Kier alpha value is -1.74. The van der Waals surface area contributed by atoms with E-state index in [1.807, 2.05) is 30.5 Å². The van der Waals surface area contributed by atoms with Crippen LogP contribution < -0.4 is 0 Å². The molecule has 3 rings (SSSR count). The first-order valence-corrected chi connectivity index (χ1v) is 6.72. The molecule has 0 bridgehead atoms. The zero-order valence-electron chi connectivity index (χ0n) is 10.8. The quantitative estimate of drug-likeness (QED) is 0.835. The molecule has 1 aromatic heterocycles. The Bertz CT molecular complexity index is 524. The summed E-state index contributed by atoms with van der Waals surface area (Å²) in [4.78, 5) is 6.77. The van der Waals surface area contributed by atoms with E-state index in [0.29, 0.717) is 6.04 Å². The normalized spacial score (nSPS) is 19.1. The minimum atomic E-state index is -0.164. The van der Waals surface area contributed by atoms with Gasteiger partial charge in [0.1, 0.15) is 5.82 Å². The lowest BCUT2D eigenvalue weighted by molar-refractivity contribution is 0.0921. The summed E-state index contributed by atoms with van der Waals surface area (Å²) in [7, 11) is 0. The fraction of sp³-hybridized carbons (Fsp3) is 0.312. The molecule has 1 saturated heterocycles. The summed E-state index contributed by atoms with van der Waals surface area (Å²) < 4.78 is 12.9. The van der Waals surface area contributed by atoms with E-state index in [4.69, 9.17) is 0 Å². The van der Waals surface area contributed by atoms with E-state index in [2.05, 4.69) is 16.0 Å². The second-order valence-corrected chi connectivity index (χ2v) is 4.96. The molecule has 98 valence electrons. The van der Waals surface area contributed by atoms with Gasteiger partial charge in [-0.2, -0.15) is 0 Å². The van der Waals surface area contributed by atoms with E-state index < -0.39 is 0 Å². The number of pyridine rings is 1. The van der Waals surface area contributed by atoms with E-state index in [1.54, 1.807) is 12.1 Å². The van der Waals surface area contributed by atoms with Crippen LogP contribution in [-0.4, -0.2) is 23.0 Å². The van der Waals surface area contributed by atoms with Gasteiger partial charge in [-0.05, 0) is 36.2 Å². The third-order valence-electron chi connectivity index (χ3n) is 3.77. The second kappa shape index (κ2) is 5.49. The van der Waals surface area contributed by atoms with Crippen molar-refractivity contribution in [1.29, 1.82) is 0 Å². The van der Waals surface area contributed by atoms with Crippen LogP contribution in [0.2, 0.25) is 0 Å². The van der Waals surface area contributed by atoms with Gasteiger partial charge in [-0.3, -0.25) is 9.88 Å². The fourth-order valence-electron chi connectivity index (χ4n) is 2.57. The smallest absolute Gasteiger partial charge is 0.123 e. The van der Waals surface area contributed by atoms with Crippen LogP contribution in [-0.2, 0) is 6.42 Å². The fourth-order valence-corrected chi connectivity index (χ4v) is 2.57. The summed E-state index contributed by atoms with van der Waals surface area (Å²) >= 11 is 0. The molecule has 3 heteroatoms. The molecule has 1 aliphatic rings. The number of hydrogen-bond acceptors (Lipinski definition) is 2. The van der Waals surface area contributed by atoms with Gasteiger partial charge in [0.05, 0.1) is 0 Å². The first kappa shape index (κ1) is 12.3. The average molecular weight is 256 g/mol. The lowest BCUT2D eigenvalue weighted by Crippen LogP contribution is -2.42.